The Morgan fingerprint density at radius 1 is 1.17 bits per heavy atom. The number of aryl methyl sites for hydroxylation is 1. The summed E-state index contributed by atoms with van der Waals surface area (Å²) in [4.78, 5) is 22.5. The summed E-state index contributed by atoms with van der Waals surface area (Å²) >= 11 is 0. The third-order valence-corrected chi connectivity index (χ3v) is 3.29. The quantitative estimate of drug-likeness (QED) is 0.665. The maximum Gasteiger partial charge on any atom is 0.371 e. The minimum atomic E-state index is -1.21. The van der Waals surface area contributed by atoms with E-state index in [9.17, 15) is 9.59 Å². The summed E-state index contributed by atoms with van der Waals surface area (Å²) in [5.41, 5.74) is 0.781. The number of nitrogens with zero attached hydrogens (tertiary/aromatic N) is 3. The number of nitrogens with one attached hydrogen (secondary N) is 1. The lowest BCUT2D eigenvalue weighted by molar-refractivity contribution is 0.0659. The molecule has 1 amide bonds. The lowest BCUT2D eigenvalue weighted by Crippen LogP contribution is -2.24. The van der Waals surface area contributed by atoms with Gasteiger partial charge in [0, 0.05) is 19.2 Å². The third-order valence-electron chi connectivity index (χ3n) is 3.29. The van der Waals surface area contributed by atoms with Gasteiger partial charge in [0.25, 0.3) is 5.91 Å². The molecular formula is C15H14N4O4. The first kappa shape index (κ1) is 14.8. The largest absolute Gasteiger partial charge is 0.475 e. The van der Waals surface area contributed by atoms with Crippen LogP contribution in [-0.2, 0) is 6.42 Å². The Labute approximate surface area is 130 Å². The Morgan fingerprint density at radius 2 is 2.00 bits per heavy atom. The van der Waals surface area contributed by atoms with Gasteiger partial charge in [-0.3, -0.25) is 9.20 Å². The molecule has 8 heteroatoms. The molecule has 0 spiro atoms. The van der Waals surface area contributed by atoms with Crippen molar-refractivity contribution in [2.75, 3.05) is 6.54 Å². The molecule has 3 aromatic rings. The van der Waals surface area contributed by atoms with Crippen LogP contribution in [0.5, 0.6) is 0 Å². The number of carbonyl (C=O) groups is 2. The number of aromatic carboxylic acids is 1. The number of fused-ring (bicyclic) bond motifs is 1. The van der Waals surface area contributed by atoms with Crippen LogP contribution < -0.4 is 5.32 Å². The smallest absolute Gasteiger partial charge is 0.371 e. The highest BCUT2D eigenvalue weighted by Crippen LogP contribution is 2.08. The number of amides is 1. The summed E-state index contributed by atoms with van der Waals surface area (Å²) in [7, 11) is 0. The normalized spacial score (nSPS) is 10.8. The first-order valence-electron chi connectivity index (χ1n) is 7.05. The number of rotatable bonds is 6. The van der Waals surface area contributed by atoms with Crippen molar-refractivity contribution in [3.8, 4) is 0 Å². The van der Waals surface area contributed by atoms with Gasteiger partial charge in [-0.15, -0.1) is 10.2 Å². The molecule has 0 aliphatic heterocycles. The molecule has 0 aliphatic carbocycles. The molecule has 8 nitrogen and oxygen atoms in total. The Hall–Kier alpha value is -3.16. The molecule has 3 rings (SSSR count). The van der Waals surface area contributed by atoms with Crippen molar-refractivity contribution in [1.29, 1.82) is 0 Å². The fourth-order valence-corrected chi connectivity index (χ4v) is 2.17. The van der Waals surface area contributed by atoms with Gasteiger partial charge in [-0.2, -0.15) is 0 Å². The van der Waals surface area contributed by atoms with Crippen LogP contribution in [0.1, 0.15) is 33.4 Å². The van der Waals surface area contributed by atoms with Gasteiger partial charge in [0.05, 0.1) is 0 Å². The number of pyridine rings is 1. The van der Waals surface area contributed by atoms with Crippen molar-refractivity contribution in [1.82, 2.24) is 19.9 Å². The van der Waals surface area contributed by atoms with Crippen molar-refractivity contribution in [3.63, 3.8) is 0 Å². The van der Waals surface area contributed by atoms with Crippen LogP contribution in [0.15, 0.2) is 40.9 Å². The molecule has 0 bridgehead atoms. The van der Waals surface area contributed by atoms with Gasteiger partial charge >= 0.3 is 5.97 Å². The summed E-state index contributed by atoms with van der Waals surface area (Å²) in [6.07, 6.45) is 3.22. The second kappa shape index (κ2) is 6.30. The molecular weight excluding hydrogens is 300 g/mol. The van der Waals surface area contributed by atoms with Gasteiger partial charge < -0.3 is 14.8 Å². The standard InChI is InChI=1S/C15H14N4O4/c20-14(10-6-7-11(23-10)15(21)22)16-8-3-5-13-18-17-12-4-1-2-9-19(12)13/h1-2,4,6-7,9H,3,5,8H2,(H,16,20)(H,21,22). The average molecular weight is 314 g/mol. The van der Waals surface area contributed by atoms with Crippen LogP contribution in [0.25, 0.3) is 5.65 Å². The zero-order valence-corrected chi connectivity index (χ0v) is 12.1. The van der Waals surface area contributed by atoms with Crippen LogP contribution in [-0.4, -0.2) is 38.1 Å². The number of carboxylic acid groups (broad SMARTS) is 1. The number of hydrogen-bond donors (Lipinski definition) is 2. The molecule has 0 radical (unpaired) electrons. The molecule has 3 aromatic heterocycles. The summed E-state index contributed by atoms with van der Waals surface area (Å²) in [5, 5.41) is 19.6. The van der Waals surface area contributed by atoms with Crippen LogP contribution in [0.4, 0.5) is 0 Å². The van der Waals surface area contributed by atoms with Gasteiger partial charge in [-0.05, 0) is 30.7 Å². The van der Waals surface area contributed by atoms with E-state index in [4.69, 9.17) is 9.52 Å². The monoisotopic (exact) mass is 314 g/mol. The maximum absolute atomic E-state index is 11.8. The van der Waals surface area contributed by atoms with Gasteiger partial charge in [0.2, 0.25) is 5.76 Å². The van der Waals surface area contributed by atoms with Crippen molar-refractivity contribution in [3.05, 3.63) is 53.9 Å². The Kier molecular flexibility index (Phi) is 4.05. The zero-order chi connectivity index (χ0) is 16.2. The molecule has 0 aromatic carbocycles. The maximum atomic E-state index is 11.8. The number of furan rings is 1. The van der Waals surface area contributed by atoms with E-state index < -0.39 is 11.9 Å². The zero-order valence-electron chi connectivity index (χ0n) is 12.1. The van der Waals surface area contributed by atoms with Gasteiger partial charge in [-0.1, -0.05) is 6.07 Å². The molecule has 0 unspecified atom stereocenters. The van der Waals surface area contributed by atoms with Crippen molar-refractivity contribution < 1.29 is 19.1 Å². The Balaban J connectivity index is 1.51. The lowest BCUT2D eigenvalue weighted by Gasteiger charge is -2.02. The SMILES string of the molecule is O=C(O)c1ccc(C(=O)NCCCc2nnc3ccccn23)o1. The van der Waals surface area contributed by atoms with Gasteiger partial charge in [-0.25, -0.2) is 4.79 Å². The van der Waals surface area contributed by atoms with E-state index in [1.165, 1.54) is 12.1 Å². The van der Waals surface area contributed by atoms with Crippen LogP contribution >= 0.6 is 0 Å². The van der Waals surface area contributed by atoms with Crippen molar-refractivity contribution in [2.45, 2.75) is 12.8 Å². The number of hydrogen-bond acceptors (Lipinski definition) is 5. The summed E-state index contributed by atoms with van der Waals surface area (Å²) < 4.78 is 6.83. The summed E-state index contributed by atoms with van der Waals surface area (Å²) in [6.45, 7) is 0.420. The van der Waals surface area contributed by atoms with Crippen LogP contribution in [0, 0.1) is 0 Å². The molecule has 0 aliphatic rings. The van der Waals surface area contributed by atoms with E-state index in [-0.39, 0.29) is 11.5 Å². The molecule has 0 fully saturated rings. The van der Waals surface area contributed by atoms with Crippen LogP contribution in [0.3, 0.4) is 0 Å². The highest BCUT2D eigenvalue weighted by Gasteiger charge is 2.14. The summed E-state index contributed by atoms with van der Waals surface area (Å²) in [5.74, 6) is -1.10. The predicted octanol–water partition coefficient (Wildman–Crippen LogP) is 1.38. The fourth-order valence-electron chi connectivity index (χ4n) is 2.17. The van der Waals surface area contributed by atoms with E-state index in [1.807, 2.05) is 28.8 Å². The number of carboxylic acids is 1. The van der Waals surface area contributed by atoms with Crippen LogP contribution in [0.2, 0.25) is 0 Å². The molecule has 118 valence electrons. The minimum Gasteiger partial charge on any atom is -0.475 e. The topological polar surface area (TPSA) is 110 Å². The van der Waals surface area contributed by atoms with E-state index in [0.717, 1.165) is 11.5 Å². The van der Waals surface area contributed by atoms with E-state index in [0.29, 0.717) is 19.4 Å². The predicted molar refractivity (Wildman–Crippen MR) is 79.3 cm³/mol. The second-order valence-corrected chi connectivity index (χ2v) is 4.87. The fraction of sp³-hybridized carbons (Fsp3) is 0.200. The lowest BCUT2D eigenvalue weighted by atomic mass is 10.3. The first-order valence-corrected chi connectivity index (χ1v) is 7.05. The average Bonchev–Trinajstić information content (AvgIpc) is 3.19. The summed E-state index contributed by atoms with van der Waals surface area (Å²) in [6, 6.07) is 8.25. The van der Waals surface area contributed by atoms with Gasteiger partial charge in [0.15, 0.2) is 11.4 Å². The highest BCUT2D eigenvalue weighted by molar-refractivity contribution is 5.93. The van der Waals surface area contributed by atoms with Crippen molar-refractivity contribution in [2.24, 2.45) is 0 Å². The number of aromatic nitrogens is 3. The van der Waals surface area contributed by atoms with Crippen molar-refractivity contribution >= 4 is 17.5 Å². The molecule has 2 N–H and O–H groups in total. The molecule has 0 atom stereocenters. The van der Waals surface area contributed by atoms with Gasteiger partial charge in [0.1, 0.15) is 5.82 Å². The second-order valence-electron chi connectivity index (χ2n) is 4.87. The first-order chi connectivity index (χ1) is 11.1. The molecule has 0 saturated carbocycles. The third kappa shape index (κ3) is 3.20. The molecule has 23 heavy (non-hydrogen) atoms. The molecule has 3 heterocycles. The highest BCUT2D eigenvalue weighted by atomic mass is 16.4. The molecule has 0 saturated heterocycles. The Bertz CT molecular complexity index is 852. The minimum absolute atomic E-state index is 0.0182. The van der Waals surface area contributed by atoms with E-state index >= 15 is 0 Å². The Morgan fingerprint density at radius 3 is 2.78 bits per heavy atom. The number of carbonyl (C=O) groups excluding carboxylic acids is 1. The van der Waals surface area contributed by atoms with E-state index in [1.54, 1.807) is 0 Å². The van der Waals surface area contributed by atoms with E-state index in [2.05, 4.69) is 15.5 Å².